The fourth-order valence-corrected chi connectivity index (χ4v) is 8.60. The Morgan fingerprint density at radius 2 is 0.919 bits per heavy atom. The molecule has 0 aromatic rings. The summed E-state index contributed by atoms with van der Waals surface area (Å²) < 4.78 is 54.2. The van der Waals surface area contributed by atoms with Gasteiger partial charge in [0.25, 0.3) is 10.1 Å². The molecule has 1 rings (SSSR count). The molecule has 0 aromatic carbocycles. The predicted molar refractivity (Wildman–Crippen MR) is 247 cm³/mol. The van der Waals surface area contributed by atoms with Gasteiger partial charge in [-0.15, -0.1) is 0 Å². The topological polar surface area (TPSA) is 186 Å². The van der Waals surface area contributed by atoms with Gasteiger partial charge in [-0.1, -0.05) is 193 Å². The van der Waals surface area contributed by atoms with Crippen molar-refractivity contribution < 1.29 is 56.8 Å². The van der Waals surface area contributed by atoms with Crippen LogP contribution in [0.15, 0.2) is 12.2 Å². The highest BCUT2D eigenvalue weighted by Gasteiger charge is 2.46. The minimum Gasteiger partial charge on any atom is -0.462 e. The number of allylic oxidation sites excluding steroid dienone is 2. The van der Waals surface area contributed by atoms with Gasteiger partial charge < -0.3 is 34.3 Å². The zero-order valence-corrected chi connectivity index (χ0v) is 40.1. The molecule has 4 N–H and O–H groups in total. The third kappa shape index (κ3) is 33.8. The largest absolute Gasteiger partial charge is 0.462 e. The van der Waals surface area contributed by atoms with Crippen molar-refractivity contribution in [3.8, 4) is 0 Å². The lowest BCUT2D eigenvalue weighted by Crippen LogP contribution is -2.60. The summed E-state index contributed by atoms with van der Waals surface area (Å²) in [5.74, 6) is -1.99. The van der Waals surface area contributed by atoms with Gasteiger partial charge in [-0.05, 0) is 38.5 Å². The van der Waals surface area contributed by atoms with Crippen LogP contribution < -0.4 is 0 Å². The molecule has 1 aliphatic rings. The average Bonchev–Trinajstić information content (AvgIpc) is 3.24. The van der Waals surface area contributed by atoms with Gasteiger partial charge >= 0.3 is 11.9 Å². The predicted octanol–water partition coefficient (Wildman–Crippen LogP) is 11.0. The Bertz CT molecular complexity index is 1200. The van der Waals surface area contributed by atoms with E-state index in [-0.39, 0.29) is 19.4 Å². The van der Waals surface area contributed by atoms with E-state index in [9.17, 15) is 37.9 Å². The van der Waals surface area contributed by atoms with Crippen molar-refractivity contribution in [2.75, 3.05) is 19.0 Å². The number of unbranched alkanes of at least 4 members (excludes halogenated alkanes) is 29. The van der Waals surface area contributed by atoms with E-state index in [0.29, 0.717) is 12.8 Å². The minimum absolute atomic E-state index is 0.167. The summed E-state index contributed by atoms with van der Waals surface area (Å²) in [6, 6.07) is 0. The van der Waals surface area contributed by atoms with Crippen LogP contribution in [-0.4, -0.2) is 96.0 Å². The van der Waals surface area contributed by atoms with Crippen molar-refractivity contribution in [1.29, 1.82) is 0 Å². The zero-order valence-electron chi connectivity index (χ0n) is 39.2. The lowest BCUT2D eigenvalue weighted by Gasteiger charge is -2.40. The molecule has 1 aliphatic heterocycles. The van der Waals surface area contributed by atoms with Crippen molar-refractivity contribution in [2.45, 2.75) is 269 Å². The van der Waals surface area contributed by atoms with Crippen LogP contribution >= 0.6 is 0 Å². The van der Waals surface area contributed by atoms with Gasteiger partial charge in [0.05, 0.1) is 6.61 Å². The van der Waals surface area contributed by atoms with E-state index >= 15 is 0 Å². The van der Waals surface area contributed by atoms with Crippen LogP contribution in [0.4, 0.5) is 0 Å². The normalized spacial score (nSPS) is 19.9. The number of esters is 2. The molecule has 366 valence electrons. The minimum atomic E-state index is -4.60. The Kier molecular flexibility index (Phi) is 37.4. The molecule has 0 saturated carbocycles. The van der Waals surface area contributed by atoms with E-state index in [4.69, 9.17) is 18.9 Å². The summed E-state index contributed by atoms with van der Waals surface area (Å²) in [5.41, 5.74) is 0. The van der Waals surface area contributed by atoms with Gasteiger partial charge in [-0.3, -0.25) is 14.1 Å². The Labute approximate surface area is 377 Å². The van der Waals surface area contributed by atoms with Crippen molar-refractivity contribution >= 4 is 22.1 Å². The number of carbonyl (C=O) groups excluding carboxylic acids is 2. The summed E-state index contributed by atoms with van der Waals surface area (Å²) in [7, 11) is -4.60. The van der Waals surface area contributed by atoms with Crippen LogP contribution in [0.1, 0.15) is 232 Å². The maximum Gasteiger partial charge on any atom is 0.306 e. The van der Waals surface area contributed by atoms with Gasteiger partial charge in [0.2, 0.25) is 0 Å². The van der Waals surface area contributed by atoms with E-state index in [0.717, 1.165) is 44.9 Å². The van der Waals surface area contributed by atoms with Crippen molar-refractivity contribution in [2.24, 2.45) is 0 Å². The molecule has 62 heavy (non-hydrogen) atoms. The number of rotatable bonds is 43. The highest BCUT2D eigenvalue weighted by atomic mass is 32.2. The molecule has 0 aromatic heterocycles. The summed E-state index contributed by atoms with van der Waals surface area (Å²) >= 11 is 0. The van der Waals surface area contributed by atoms with Gasteiger partial charge in [-0.25, -0.2) is 0 Å². The smallest absolute Gasteiger partial charge is 0.306 e. The maximum absolute atomic E-state index is 12.9. The Morgan fingerprint density at radius 1 is 0.532 bits per heavy atom. The lowest BCUT2D eigenvalue weighted by atomic mass is 10.00. The number of aliphatic hydroxyl groups excluding tert-OH is 3. The Morgan fingerprint density at radius 3 is 1.35 bits per heavy atom. The van der Waals surface area contributed by atoms with E-state index in [1.54, 1.807) is 0 Å². The van der Waals surface area contributed by atoms with Crippen LogP contribution in [0, 0.1) is 0 Å². The fourth-order valence-electron chi connectivity index (χ4n) is 7.91. The second kappa shape index (κ2) is 39.7. The monoisotopic (exact) mass is 905 g/mol. The first-order valence-electron chi connectivity index (χ1n) is 25.2. The van der Waals surface area contributed by atoms with E-state index in [2.05, 4.69) is 26.0 Å². The molecule has 1 saturated heterocycles. The van der Waals surface area contributed by atoms with Gasteiger partial charge in [0.15, 0.2) is 12.4 Å². The number of hydrogen-bond donors (Lipinski definition) is 4. The van der Waals surface area contributed by atoms with Crippen molar-refractivity contribution in [3.63, 3.8) is 0 Å². The molecule has 1 heterocycles. The highest BCUT2D eigenvalue weighted by molar-refractivity contribution is 7.85. The molecule has 0 spiro atoms. The fraction of sp³-hybridized carbons (Fsp3) is 0.918. The first-order valence-corrected chi connectivity index (χ1v) is 26.9. The standard InChI is InChI=1S/C49H92O12S/c1-3-5-7-9-11-13-15-17-18-19-20-21-22-23-24-26-28-30-32-34-36-38-45(51)60-42(40-59-49-48(54)47(53)46(52)43(61-49)41-62(55,56)57)39-58-44(50)37-35-33-31-29-27-25-16-14-12-10-8-6-4-2/h25,27,42-43,46-49,52-54H,3-24,26,28-41H2,1-2H3,(H,55,56,57)/b27-25+/t42-,43-,46-,47?,48?,49+/m1/s1. The molecule has 0 amide bonds. The van der Waals surface area contributed by atoms with E-state index < -0.39 is 71.2 Å². The first-order chi connectivity index (χ1) is 30.0. The second-order valence-electron chi connectivity index (χ2n) is 17.8. The molecule has 0 bridgehead atoms. The highest BCUT2D eigenvalue weighted by Crippen LogP contribution is 2.24. The number of carbonyl (C=O) groups is 2. The molecular formula is C49H92O12S. The third-order valence-electron chi connectivity index (χ3n) is 11.8. The van der Waals surface area contributed by atoms with E-state index in [1.807, 2.05) is 0 Å². The summed E-state index contributed by atoms with van der Waals surface area (Å²) in [6.07, 6.45) is 34.0. The molecule has 12 nitrogen and oxygen atoms in total. The Balaban J connectivity index is 2.36. The zero-order chi connectivity index (χ0) is 45.5. The molecule has 0 radical (unpaired) electrons. The lowest BCUT2D eigenvalue weighted by molar-refractivity contribution is -0.297. The molecule has 0 aliphatic carbocycles. The average molecular weight is 905 g/mol. The Hall–Kier alpha value is -1.61. The van der Waals surface area contributed by atoms with Crippen LogP contribution in [-0.2, 0) is 38.7 Å². The maximum atomic E-state index is 12.9. The third-order valence-corrected chi connectivity index (χ3v) is 12.6. The summed E-state index contributed by atoms with van der Waals surface area (Å²) in [6.45, 7) is 3.77. The summed E-state index contributed by atoms with van der Waals surface area (Å²) in [5, 5.41) is 30.9. The van der Waals surface area contributed by atoms with Gasteiger partial charge in [-0.2, -0.15) is 8.42 Å². The molecule has 1 fully saturated rings. The van der Waals surface area contributed by atoms with Gasteiger partial charge in [0.1, 0.15) is 36.8 Å². The van der Waals surface area contributed by atoms with E-state index in [1.165, 1.54) is 148 Å². The second-order valence-corrected chi connectivity index (χ2v) is 19.3. The van der Waals surface area contributed by atoms with Crippen molar-refractivity contribution in [1.82, 2.24) is 0 Å². The number of hydrogen-bond acceptors (Lipinski definition) is 11. The van der Waals surface area contributed by atoms with Gasteiger partial charge in [0, 0.05) is 12.8 Å². The number of aliphatic hydroxyl groups is 3. The van der Waals surface area contributed by atoms with Crippen LogP contribution in [0.3, 0.4) is 0 Å². The first kappa shape index (κ1) is 58.4. The quantitative estimate of drug-likeness (QED) is 0.0197. The molecule has 6 atom stereocenters. The molecular weight excluding hydrogens is 813 g/mol. The van der Waals surface area contributed by atoms with Crippen molar-refractivity contribution in [3.05, 3.63) is 12.2 Å². The SMILES string of the molecule is CCCCCCCC/C=C/CCCCCC(=O)OC[C@H](CO[C@H]1O[C@H](CS(=O)(=O)O)[C@@H](O)C(O)C1O)OC(=O)CCCCCCCCCCCCCCCCCCCCCCC. The summed E-state index contributed by atoms with van der Waals surface area (Å²) in [4.78, 5) is 25.5. The van der Waals surface area contributed by atoms with Crippen LogP contribution in [0.25, 0.3) is 0 Å². The number of ether oxygens (including phenoxy) is 4. The van der Waals surface area contributed by atoms with Crippen LogP contribution in [0.5, 0.6) is 0 Å². The van der Waals surface area contributed by atoms with Crippen LogP contribution in [0.2, 0.25) is 0 Å². The molecule has 2 unspecified atom stereocenters. The molecule has 13 heteroatoms.